The van der Waals surface area contributed by atoms with Gasteiger partial charge in [-0.1, -0.05) is 45.4 Å². The number of aryl methyl sites for hydroxylation is 3. The Morgan fingerprint density at radius 1 is 1.06 bits per heavy atom. The van der Waals surface area contributed by atoms with Crippen molar-refractivity contribution in [1.82, 2.24) is 20.1 Å². The van der Waals surface area contributed by atoms with Gasteiger partial charge in [0.2, 0.25) is 5.91 Å². The van der Waals surface area contributed by atoms with Gasteiger partial charge < -0.3 is 15.2 Å². The van der Waals surface area contributed by atoms with E-state index in [-0.39, 0.29) is 24.1 Å². The largest absolute Gasteiger partial charge is 0.345 e. The van der Waals surface area contributed by atoms with Crippen LogP contribution in [0.5, 0.6) is 0 Å². The smallest absolute Gasteiger partial charge is 0.251 e. The van der Waals surface area contributed by atoms with Crippen molar-refractivity contribution in [3.8, 4) is 0 Å². The molecule has 2 amide bonds. The zero-order chi connectivity index (χ0) is 22.5. The van der Waals surface area contributed by atoms with E-state index in [4.69, 9.17) is 0 Å². The Morgan fingerprint density at radius 2 is 1.71 bits per heavy atom. The molecule has 0 bridgehead atoms. The molecule has 0 unspecified atom stereocenters. The fourth-order valence-corrected chi connectivity index (χ4v) is 4.42. The van der Waals surface area contributed by atoms with Crippen LogP contribution in [-0.4, -0.2) is 32.3 Å². The van der Waals surface area contributed by atoms with Crippen LogP contribution in [0.2, 0.25) is 0 Å². The summed E-state index contributed by atoms with van der Waals surface area (Å²) in [4.78, 5) is 24.7. The van der Waals surface area contributed by atoms with Crippen LogP contribution in [0.15, 0.2) is 46.0 Å². The number of hydrogen-bond donors (Lipinski definition) is 2. The number of carbonyl (C=O) groups is 2. The summed E-state index contributed by atoms with van der Waals surface area (Å²) in [6, 6.07) is 11.3. The number of aromatic nitrogens is 3. The van der Waals surface area contributed by atoms with Crippen molar-refractivity contribution < 1.29 is 9.59 Å². The predicted octanol–water partition coefficient (Wildman–Crippen LogP) is 4.16. The van der Waals surface area contributed by atoms with E-state index in [1.807, 2.05) is 52.1 Å². The summed E-state index contributed by atoms with van der Waals surface area (Å²) < 4.78 is 2.76. The molecule has 0 aliphatic rings. The van der Waals surface area contributed by atoms with Gasteiger partial charge in [0, 0.05) is 22.8 Å². The molecule has 0 radical (unpaired) electrons. The van der Waals surface area contributed by atoms with Crippen molar-refractivity contribution >= 4 is 45.2 Å². The molecule has 3 rings (SSSR count). The molecule has 0 fully saturated rings. The van der Waals surface area contributed by atoms with Gasteiger partial charge in [-0.25, -0.2) is 0 Å². The lowest BCUT2D eigenvalue weighted by Gasteiger charge is -2.12. The number of nitrogens with one attached hydrogen (secondary N) is 2. The quantitative estimate of drug-likeness (QED) is 0.474. The summed E-state index contributed by atoms with van der Waals surface area (Å²) in [5.74, 6) is 0.534. The summed E-state index contributed by atoms with van der Waals surface area (Å²) in [6.07, 6.45) is 0. The van der Waals surface area contributed by atoms with Crippen LogP contribution in [0.4, 0.5) is 5.69 Å². The Hall–Kier alpha value is -2.65. The predicted molar refractivity (Wildman–Crippen MR) is 126 cm³/mol. The van der Waals surface area contributed by atoms with Crippen molar-refractivity contribution in [3.05, 3.63) is 68.9 Å². The van der Waals surface area contributed by atoms with Crippen LogP contribution in [0.25, 0.3) is 0 Å². The molecule has 3 aromatic rings. The van der Waals surface area contributed by atoms with E-state index in [2.05, 4.69) is 36.8 Å². The molecule has 31 heavy (non-hydrogen) atoms. The highest BCUT2D eigenvalue weighted by molar-refractivity contribution is 9.10. The van der Waals surface area contributed by atoms with Gasteiger partial charge in [0.25, 0.3) is 5.91 Å². The van der Waals surface area contributed by atoms with Crippen LogP contribution in [0.3, 0.4) is 0 Å². The van der Waals surface area contributed by atoms with Gasteiger partial charge in [-0.2, -0.15) is 0 Å². The Bertz CT molecular complexity index is 1090. The Morgan fingerprint density at radius 3 is 2.35 bits per heavy atom. The van der Waals surface area contributed by atoms with E-state index >= 15 is 0 Å². The number of halogens is 1. The lowest BCUT2D eigenvalue weighted by atomic mass is 10.1. The number of hydrogen-bond acceptors (Lipinski definition) is 5. The maximum Gasteiger partial charge on any atom is 0.251 e. The third-order valence-electron chi connectivity index (χ3n) is 4.74. The van der Waals surface area contributed by atoms with Crippen LogP contribution >= 0.6 is 27.7 Å². The molecular weight excluding hydrogens is 478 g/mol. The first kappa shape index (κ1) is 23.0. The van der Waals surface area contributed by atoms with E-state index in [1.165, 1.54) is 11.8 Å². The van der Waals surface area contributed by atoms with E-state index in [0.29, 0.717) is 16.5 Å². The highest BCUT2D eigenvalue weighted by Crippen LogP contribution is 2.25. The number of thioether (sulfide) groups is 1. The lowest BCUT2D eigenvalue weighted by molar-refractivity contribution is -0.113. The van der Waals surface area contributed by atoms with E-state index in [9.17, 15) is 9.59 Å². The first-order valence-corrected chi connectivity index (χ1v) is 11.4. The second kappa shape index (κ2) is 10.1. The average molecular weight is 502 g/mol. The fraction of sp³-hybridized carbons (Fsp3) is 0.273. The van der Waals surface area contributed by atoms with E-state index < -0.39 is 0 Å². The second-order valence-electron chi connectivity index (χ2n) is 7.26. The van der Waals surface area contributed by atoms with Crippen molar-refractivity contribution in [2.75, 3.05) is 11.1 Å². The highest BCUT2D eigenvalue weighted by Gasteiger charge is 2.14. The van der Waals surface area contributed by atoms with E-state index in [0.717, 1.165) is 26.9 Å². The number of anilines is 1. The SMILES string of the molecule is Cc1ccc(C(=O)NCc2nnc(SCC(=O)Nc3c(C)cc(Br)cc3C)n2C)cc1. The molecule has 0 spiro atoms. The van der Waals surface area contributed by atoms with Crippen LogP contribution in [-0.2, 0) is 18.4 Å². The standard InChI is InChI=1S/C22H24BrN5O2S/c1-13-5-7-16(8-6-13)21(30)24-11-18-26-27-22(28(18)4)31-12-19(29)25-20-14(2)9-17(23)10-15(20)3/h5-10H,11-12H2,1-4H3,(H,24,30)(H,25,29). The molecule has 0 saturated carbocycles. The minimum absolute atomic E-state index is 0.115. The minimum atomic E-state index is -0.170. The van der Waals surface area contributed by atoms with Crippen LogP contribution in [0, 0.1) is 20.8 Å². The third kappa shape index (κ3) is 5.95. The molecule has 1 aromatic heterocycles. The molecule has 0 saturated heterocycles. The minimum Gasteiger partial charge on any atom is -0.345 e. The summed E-state index contributed by atoms with van der Waals surface area (Å²) in [5.41, 5.74) is 4.51. The van der Waals surface area contributed by atoms with Gasteiger partial charge in [0.1, 0.15) is 0 Å². The Labute approximate surface area is 194 Å². The number of nitrogens with zero attached hydrogens (tertiary/aromatic N) is 3. The normalized spacial score (nSPS) is 10.7. The molecule has 7 nitrogen and oxygen atoms in total. The molecule has 2 N–H and O–H groups in total. The maximum atomic E-state index is 12.4. The molecular formula is C22H24BrN5O2S. The van der Waals surface area contributed by atoms with Gasteiger partial charge in [0.05, 0.1) is 12.3 Å². The van der Waals surface area contributed by atoms with Crippen molar-refractivity contribution in [2.45, 2.75) is 32.5 Å². The summed E-state index contributed by atoms with van der Waals surface area (Å²) in [5, 5.41) is 14.7. The first-order chi connectivity index (χ1) is 14.7. The zero-order valence-corrected chi connectivity index (χ0v) is 20.2. The number of rotatable bonds is 7. The zero-order valence-electron chi connectivity index (χ0n) is 17.8. The van der Waals surface area contributed by atoms with Crippen molar-refractivity contribution in [1.29, 1.82) is 0 Å². The molecule has 1 heterocycles. The Balaban J connectivity index is 1.55. The van der Waals surface area contributed by atoms with Crippen molar-refractivity contribution in [2.24, 2.45) is 7.05 Å². The molecule has 0 atom stereocenters. The summed E-state index contributed by atoms with van der Waals surface area (Å²) >= 11 is 4.76. The number of amides is 2. The molecule has 0 aliphatic heterocycles. The molecule has 162 valence electrons. The van der Waals surface area contributed by atoms with E-state index in [1.54, 1.807) is 16.7 Å². The Kier molecular flexibility index (Phi) is 7.50. The number of carbonyl (C=O) groups excluding carboxylic acids is 2. The van der Waals surface area contributed by atoms with Crippen LogP contribution < -0.4 is 10.6 Å². The fourth-order valence-electron chi connectivity index (χ4n) is 3.00. The average Bonchev–Trinajstić information content (AvgIpc) is 3.07. The van der Waals surface area contributed by atoms with Gasteiger partial charge in [-0.05, 0) is 56.2 Å². The van der Waals surface area contributed by atoms with Gasteiger partial charge >= 0.3 is 0 Å². The maximum absolute atomic E-state index is 12.4. The van der Waals surface area contributed by atoms with Gasteiger partial charge in [-0.3, -0.25) is 9.59 Å². The van der Waals surface area contributed by atoms with Gasteiger partial charge in [-0.15, -0.1) is 10.2 Å². The van der Waals surface area contributed by atoms with Gasteiger partial charge in [0.15, 0.2) is 11.0 Å². The summed E-state index contributed by atoms with van der Waals surface area (Å²) in [7, 11) is 1.82. The molecule has 2 aromatic carbocycles. The second-order valence-corrected chi connectivity index (χ2v) is 9.12. The lowest BCUT2D eigenvalue weighted by Crippen LogP contribution is -2.24. The highest BCUT2D eigenvalue weighted by atomic mass is 79.9. The number of benzene rings is 2. The first-order valence-electron chi connectivity index (χ1n) is 9.67. The molecule has 9 heteroatoms. The topological polar surface area (TPSA) is 88.9 Å². The summed E-state index contributed by atoms with van der Waals surface area (Å²) in [6.45, 7) is 6.14. The van der Waals surface area contributed by atoms with Crippen molar-refractivity contribution in [3.63, 3.8) is 0 Å². The monoisotopic (exact) mass is 501 g/mol. The van der Waals surface area contributed by atoms with Crippen LogP contribution in [0.1, 0.15) is 32.9 Å². The third-order valence-corrected chi connectivity index (χ3v) is 6.22. The molecule has 0 aliphatic carbocycles.